The van der Waals surface area contributed by atoms with Gasteiger partial charge < -0.3 is 14.8 Å². The predicted molar refractivity (Wildman–Crippen MR) is 90.5 cm³/mol. The van der Waals surface area contributed by atoms with Crippen LogP contribution >= 0.6 is 11.5 Å². The van der Waals surface area contributed by atoms with Gasteiger partial charge in [0.25, 0.3) is 0 Å². The Hall–Kier alpha value is -2.80. The Balaban J connectivity index is 1.92. The van der Waals surface area contributed by atoms with Crippen LogP contribution in [0.1, 0.15) is 0 Å². The van der Waals surface area contributed by atoms with Crippen molar-refractivity contribution in [2.75, 3.05) is 19.5 Å². The van der Waals surface area contributed by atoms with Crippen LogP contribution in [0.25, 0.3) is 5.69 Å². The second-order valence-electron chi connectivity index (χ2n) is 4.66. The number of rotatable bonds is 5. The highest BCUT2D eigenvalue weighted by molar-refractivity contribution is 7.03. The van der Waals surface area contributed by atoms with E-state index in [1.165, 1.54) is 4.57 Å². The molecule has 2 aromatic carbocycles. The average Bonchev–Trinajstić information content (AvgIpc) is 2.96. The molecule has 0 unspecified atom stereocenters. The molecule has 3 rings (SSSR count). The number of nitrogens with one attached hydrogen (secondary N) is 1. The van der Waals surface area contributed by atoms with Crippen LogP contribution in [0.3, 0.4) is 0 Å². The molecule has 118 valence electrons. The third-order valence-electron chi connectivity index (χ3n) is 3.28. The summed E-state index contributed by atoms with van der Waals surface area (Å²) in [6.45, 7) is 0. The number of ether oxygens (including phenoxy) is 2. The van der Waals surface area contributed by atoms with Gasteiger partial charge in [0.15, 0.2) is 0 Å². The summed E-state index contributed by atoms with van der Waals surface area (Å²) in [7, 11) is 3.22. The molecule has 3 aromatic rings. The zero-order chi connectivity index (χ0) is 16.2. The smallest absolute Gasteiger partial charge is 0.332 e. The van der Waals surface area contributed by atoms with Crippen molar-refractivity contribution in [2.45, 2.75) is 0 Å². The Morgan fingerprint density at radius 1 is 0.957 bits per heavy atom. The molecule has 0 aliphatic heterocycles. The molecular weight excluding hydrogens is 314 g/mol. The van der Waals surface area contributed by atoms with Gasteiger partial charge in [-0.15, -0.1) is 0 Å². The van der Waals surface area contributed by atoms with E-state index in [0.29, 0.717) is 5.95 Å². The van der Waals surface area contributed by atoms with Crippen molar-refractivity contribution in [3.8, 4) is 17.2 Å². The van der Waals surface area contributed by atoms with Crippen molar-refractivity contribution in [1.82, 2.24) is 8.94 Å². The van der Waals surface area contributed by atoms with Gasteiger partial charge in [0, 0.05) is 17.2 Å². The zero-order valence-corrected chi connectivity index (χ0v) is 13.5. The maximum absolute atomic E-state index is 12.1. The third kappa shape index (κ3) is 3.19. The van der Waals surface area contributed by atoms with Crippen LogP contribution in [0.5, 0.6) is 11.5 Å². The van der Waals surface area contributed by atoms with E-state index in [1.54, 1.807) is 26.4 Å². The SMILES string of the molecule is COc1ccc(Nc2nsc(=O)n2-c2ccc(OC)cc2)cc1. The summed E-state index contributed by atoms with van der Waals surface area (Å²) in [5, 5.41) is 3.15. The number of anilines is 2. The van der Waals surface area contributed by atoms with Crippen LogP contribution in [-0.4, -0.2) is 23.2 Å². The van der Waals surface area contributed by atoms with Gasteiger partial charge in [-0.3, -0.25) is 4.79 Å². The summed E-state index contributed by atoms with van der Waals surface area (Å²) in [6.07, 6.45) is 0. The fraction of sp³-hybridized carbons (Fsp3) is 0.125. The van der Waals surface area contributed by atoms with E-state index in [1.807, 2.05) is 36.4 Å². The highest BCUT2D eigenvalue weighted by Gasteiger charge is 2.11. The number of hydrogen-bond donors (Lipinski definition) is 1. The van der Waals surface area contributed by atoms with E-state index < -0.39 is 0 Å². The van der Waals surface area contributed by atoms with Crippen molar-refractivity contribution < 1.29 is 9.47 Å². The molecule has 0 fully saturated rings. The van der Waals surface area contributed by atoms with Gasteiger partial charge in [-0.25, -0.2) is 4.57 Å². The first kappa shape index (κ1) is 15.1. The molecular formula is C16H15N3O3S. The maximum Gasteiger partial charge on any atom is 0.332 e. The maximum atomic E-state index is 12.1. The quantitative estimate of drug-likeness (QED) is 0.779. The van der Waals surface area contributed by atoms with Gasteiger partial charge in [0.1, 0.15) is 11.5 Å². The molecule has 0 saturated heterocycles. The number of methoxy groups -OCH3 is 2. The van der Waals surface area contributed by atoms with Crippen LogP contribution < -0.4 is 19.7 Å². The number of benzene rings is 2. The van der Waals surface area contributed by atoms with Crippen LogP contribution in [-0.2, 0) is 0 Å². The number of nitrogens with zero attached hydrogens (tertiary/aromatic N) is 2. The largest absolute Gasteiger partial charge is 0.497 e. The Labute approximate surface area is 137 Å². The third-order valence-corrected chi connectivity index (χ3v) is 3.88. The fourth-order valence-corrected chi connectivity index (χ4v) is 2.66. The first-order valence-corrected chi connectivity index (χ1v) is 7.63. The van der Waals surface area contributed by atoms with Gasteiger partial charge in [-0.2, -0.15) is 4.37 Å². The van der Waals surface area contributed by atoms with E-state index in [4.69, 9.17) is 9.47 Å². The zero-order valence-electron chi connectivity index (χ0n) is 12.6. The van der Waals surface area contributed by atoms with Gasteiger partial charge in [-0.1, -0.05) is 0 Å². The van der Waals surface area contributed by atoms with Gasteiger partial charge >= 0.3 is 4.87 Å². The van der Waals surface area contributed by atoms with E-state index in [0.717, 1.165) is 34.4 Å². The van der Waals surface area contributed by atoms with Crippen LogP contribution in [0.2, 0.25) is 0 Å². The van der Waals surface area contributed by atoms with Crippen molar-refractivity contribution in [1.29, 1.82) is 0 Å². The van der Waals surface area contributed by atoms with Gasteiger partial charge in [0.2, 0.25) is 5.95 Å². The lowest BCUT2D eigenvalue weighted by atomic mass is 10.3. The Bertz CT molecular complexity index is 838. The summed E-state index contributed by atoms with van der Waals surface area (Å²) in [5.41, 5.74) is 1.54. The highest BCUT2D eigenvalue weighted by atomic mass is 32.1. The Kier molecular flexibility index (Phi) is 4.29. The molecule has 0 aliphatic carbocycles. The molecule has 6 nitrogen and oxygen atoms in total. The minimum atomic E-state index is -0.161. The van der Waals surface area contributed by atoms with Crippen molar-refractivity contribution in [3.63, 3.8) is 0 Å². The molecule has 0 radical (unpaired) electrons. The molecule has 0 spiro atoms. The molecule has 0 atom stereocenters. The molecule has 23 heavy (non-hydrogen) atoms. The lowest BCUT2D eigenvalue weighted by molar-refractivity contribution is 0.414. The van der Waals surface area contributed by atoms with E-state index >= 15 is 0 Å². The predicted octanol–water partition coefficient (Wildman–Crippen LogP) is 3.05. The summed E-state index contributed by atoms with van der Waals surface area (Å²) in [6, 6.07) is 14.6. The molecule has 0 aliphatic rings. The lowest BCUT2D eigenvalue weighted by Gasteiger charge is -2.09. The summed E-state index contributed by atoms with van der Waals surface area (Å²) in [5.74, 6) is 1.96. The van der Waals surface area contributed by atoms with Crippen molar-refractivity contribution in [3.05, 3.63) is 58.2 Å². The second-order valence-corrected chi connectivity index (χ2v) is 5.37. The molecule has 1 aromatic heterocycles. The van der Waals surface area contributed by atoms with Crippen LogP contribution in [0.4, 0.5) is 11.6 Å². The van der Waals surface area contributed by atoms with Crippen molar-refractivity contribution in [2.24, 2.45) is 0 Å². The molecule has 1 heterocycles. The lowest BCUT2D eigenvalue weighted by Crippen LogP contribution is -2.13. The first-order chi connectivity index (χ1) is 11.2. The second kappa shape index (κ2) is 6.53. The summed E-state index contributed by atoms with van der Waals surface area (Å²) < 4.78 is 16.0. The summed E-state index contributed by atoms with van der Waals surface area (Å²) >= 11 is 0.902. The van der Waals surface area contributed by atoms with E-state index in [2.05, 4.69) is 9.69 Å². The molecule has 1 N–H and O–H groups in total. The molecule has 7 heteroatoms. The minimum Gasteiger partial charge on any atom is -0.497 e. The average molecular weight is 329 g/mol. The van der Waals surface area contributed by atoms with Crippen molar-refractivity contribution >= 4 is 23.2 Å². The monoisotopic (exact) mass is 329 g/mol. The number of hydrogen-bond acceptors (Lipinski definition) is 6. The topological polar surface area (TPSA) is 65.4 Å². The molecule has 0 saturated carbocycles. The standard InChI is InChI=1S/C16H15N3O3S/c1-21-13-7-3-11(4-8-13)17-15-18-23-16(20)19(15)12-5-9-14(22-2)10-6-12/h3-10H,1-2H3,(H,17,18). The van der Waals surface area contributed by atoms with E-state index in [-0.39, 0.29) is 4.87 Å². The number of aromatic nitrogens is 2. The van der Waals surface area contributed by atoms with Gasteiger partial charge in [-0.05, 0) is 48.5 Å². The summed E-state index contributed by atoms with van der Waals surface area (Å²) in [4.78, 5) is 12.0. The highest BCUT2D eigenvalue weighted by Crippen LogP contribution is 2.22. The molecule has 0 amide bonds. The van der Waals surface area contributed by atoms with Crippen LogP contribution in [0, 0.1) is 0 Å². The molecule has 0 bridgehead atoms. The minimum absolute atomic E-state index is 0.161. The Morgan fingerprint density at radius 2 is 1.52 bits per heavy atom. The van der Waals surface area contributed by atoms with Crippen LogP contribution in [0.15, 0.2) is 53.3 Å². The van der Waals surface area contributed by atoms with E-state index in [9.17, 15) is 4.79 Å². The van der Waals surface area contributed by atoms with Gasteiger partial charge in [0.05, 0.1) is 19.9 Å². The first-order valence-electron chi connectivity index (χ1n) is 6.85. The normalized spacial score (nSPS) is 10.3. The Morgan fingerprint density at radius 3 is 2.09 bits per heavy atom. The fourth-order valence-electron chi connectivity index (χ4n) is 2.09.